The highest BCUT2D eigenvalue weighted by atomic mass is 32.1. The van der Waals surface area contributed by atoms with Crippen molar-refractivity contribution in [3.05, 3.63) is 52.0 Å². The van der Waals surface area contributed by atoms with Gasteiger partial charge >= 0.3 is 6.18 Å². The van der Waals surface area contributed by atoms with Gasteiger partial charge < -0.3 is 4.90 Å². The normalized spacial score (nSPS) is 18.4. The van der Waals surface area contributed by atoms with E-state index in [-0.39, 0.29) is 5.91 Å². The molecule has 134 valence electrons. The van der Waals surface area contributed by atoms with Crippen molar-refractivity contribution in [2.75, 3.05) is 13.1 Å². The van der Waals surface area contributed by atoms with Crippen LogP contribution in [-0.4, -0.2) is 28.9 Å². The summed E-state index contributed by atoms with van der Waals surface area (Å²) in [5.41, 5.74) is 2.21. The molecular weight excluding hydrogens is 349 g/mol. The van der Waals surface area contributed by atoms with Crippen molar-refractivity contribution in [3.8, 4) is 0 Å². The lowest BCUT2D eigenvalue weighted by Crippen LogP contribution is -2.40. The van der Waals surface area contributed by atoms with Gasteiger partial charge in [0, 0.05) is 18.5 Å². The Bertz CT molecular complexity index is 715. The molecule has 0 bridgehead atoms. The van der Waals surface area contributed by atoms with Crippen molar-refractivity contribution < 1.29 is 18.0 Å². The van der Waals surface area contributed by atoms with Crippen molar-refractivity contribution >= 4 is 17.2 Å². The number of nitrogens with zero attached hydrogens (tertiary/aromatic N) is 2. The molecule has 25 heavy (non-hydrogen) atoms. The van der Waals surface area contributed by atoms with E-state index in [0.717, 1.165) is 31.9 Å². The third kappa shape index (κ3) is 4.60. The number of aryl methyl sites for hydroxylation is 1. The highest BCUT2D eigenvalue weighted by Crippen LogP contribution is 2.30. The van der Waals surface area contributed by atoms with Crippen LogP contribution in [0.4, 0.5) is 13.2 Å². The van der Waals surface area contributed by atoms with Gasteiger partial charge in [-0.15, -0.1) is 11.3 Å². The van der Waals surface area contributed by atoms with E-state index in [1.807, 2.05) is 4.90 Å². The van der Waals surface area contributed by atoms with Crippen LogP contribution in [-0.2, 0) is 12.6 Å². The maximum absolute atomic E-state index is 12.8. The van der Waals surface area contributed by atoms with Gasteiger partial charge in [-0.1, -0.05) is 18.2 Å². The predicted octanol–water partition coefficient (Wildman–Crippen LogP) is 4.65. The van der Waals surface area contributed by atoms with E-state index in [1.54, 1.807) is 17.0 Å². The molecule has 0 spiro atoms. The fourth-order valence-corrected chi connectivity index (χ4v) is 3.77. The summed E-state index contributed by atoms with van der Waals surface area (Å²) in [6.07, 6.45) is -1.02. The standard InChI is InChI=1S/C18H19F3N2OS/c19-18(20,21)15-5-1-3-13(9-15)6-7-14-4-2-8-23(10-14)17(24)16-11-25-12-22-16/h1,3,5,9,11-12,14H,2,4,6-8,10H2/t14-/m1/s1. The summed E-state index contributed by atoms with van der Waals surface area (Å²) in [5.74, 6) is 0.260. The molecule has 7 heteroatoms. The quantitative estimate of drug-likeness (QED) is 0.787. The number of aromatic nitrogens is 1. The molecule has 0 unspecified atom stereocenters. The minimum absolute atomic E-state index is 0.0509. The summed E-state index contributed by atoms with van der Waals surface area (Å²) < 4.78 is 38.4. The number of thiazole rings is 1. The van der Waals surface area contributed by atoms with E-state index in [4.69, 9.17) is 0 Å². The first kappa shape index (κ1) is 17.9. The average molecular weight is 368 g/mol. The second kappa shape index (κ2) is 7.56. The number of piperidine rings is 1. The Labute approximate surface area is 148 Å². The van der Waals surface area contributed by atoms with Gasteiger partial charge in [-0.05, 0) is 43.2 Å². The zero-order valence-corrected chi connectivity index (χ0v) is 14.4. The topological polar surface area (TPSA) is 33.2 Å². The van der Waals surface area contributed by atoms with Crippen molar-refractivity contribution in [2.45, 2.75) is 31.9 Å². The summed E-state index contributed by atoms with van der Waals surface area (Å²) in [6.45, 7) is 1.37. The first-order valence-corrected chi connectivity index (χ1v) is 9.21. The predicted molar refractivity (Wildman–Crippen MR) is 90.5 cm³/mol. The summed E-state index contributed by atoms with van der Waals surface area (Å²) >= 11 is 1.39. The van der Waals surface area contributed by atoms with E-state index < -0.39 is 11.7 Å². The molecule has 1 aliphatic heterocycles. The van der Waals surface area contributed by atoms with Gasteiger partial charge in [0.2, 0.25) is 0 Å². The molecule has 0 radical (unpaired) electrons. The van der Waals surface area contributed by atoms with E-state index in [0.29, 0.717) is 30.1 Å². The molecule has 2 heterocycles. The first-order chi connectivity index (χ1) is 11.9. The lowest BCUT2D eigenvalue weighted by atomic mass is 9.91. The summed E-state index contributed by atoms with van der Waals surface area (Å²) in [4.78, 5) is 18.3. The molecule has 1 amide bonds. The smallest absolute Gasteiger partial charge is 0.337 e. The molecule has 1 fully saturated rings. The average Bonchev–Trinajstić information content (AvgIpc) is 3.14. The van der Waals surface area contributed by atoms with E-state index in [9.17, 15) is 18.0 Å². The second-order valence-electron chi connectivity index (χ2n) is 6.37. The molecule has 1 aromatic heterocycles. The molecule has 3 rings (SSSR count). The Balaban J connectivity index is 1.57. The molecule has 1 atom stereocenters. The van der Waals surface area contributed by atoms with Gasteiger partial charge in [-0.3, -0.25) is 4.79 Å². The second-order valence-corrected chi connectivity index (χ2v) is 7.09. The molecule has 3 nitrogen and oxygen atoms in total. The lowest BCUT2D eigenvalue weighted by molar-refractivity contribution is -0.137. The Kier molecular flexibility index (Phi) is 5.42. The number of likely N-dealkylation sites (tertiary alicyclic amines) is 1. The lowest BCUT2D eigenvalue weighted by Gasteiger charge is -2.32. The maximum atomic E-state index is 12.8. The first-order valence-electron chi connectivity index (χ1n) is 8.27. The molecule has 2 aromatic rings. The van der Waals surface area contributed by atoms with Crippen LogP contribution in [0.15, 0.2) is 35.2 Å². The zero-order chi connectivity index (χ0) is 17.9. The van der Waals surface area contributed by atoms with E-state index >= 15 is 0 Å². The SMILES string of the molecule is O=C(c1cscn1)N1CCC[C@H](CCc2cccc(C(F)(F)F)c2)C1. The van der Waals surface area contributed by atoms with Gasteiger partial charge in [-0.2, -0.15) is 13.2 Å². The summed E-state index contributed by atoms with van der Waals surface area (Å²) in [7, 11) is 0. The van der Waals surface area contributed by atoms with Crippen molar-refractivity contribution in [1.82, 2.24) is 9.88 Å². The minimum atomic E-state index is -4.31. The Morgan fingerprint density at radius 2 is 2.20 bits per heavy atom. The number of amides is 1. The minimum Gasteiger partial charge on any atom is -0.337 e. The Hall–Kier alpha value is -1.89. The third-order valence-electron chi connectivity index (χ3n) is 4.55. The fourth-order valence-electron chi connectivity index (χ4n) is 3.24. The van der Waals surface area contributed by atoms with Gasteiger partial charge in [0.15, 0.2) is 0 Å². The van der Waals surface area contributed by atoms with Crippen LogP contribution in [0.25, 0.3) is 0 Å². The fraction of sp³-hybridized carbons (Fsp3) is 0.444. The van der Waals surface area contributed by atoms with Gasteiger partial charge in [0.25, 0.3) is 5.91 Å². The number of hydrogen-bond donors (Lipinski definition) is 0. The molecule has 0 saturated carbocycles. The van der Waals surface area contributed by atoms with Gasteiger partial charge in [0.05, 0.1) is 11.1 Å². The molecule has 1 aromatic carbocycles. The Morgan fingerprint density at radius 3 is 2.92 bits per heavy atom. The number of alkyl halides is 3. The number of carbonyl (C=O) groups is 1. The monoisotopic (exact) mass is 368 g/mol. The van der Waals surface area contributed by atoms with Crippen LogP contribution < -0.4 is 0 Å². The highest BCUT2D eigenvalue weighted by molar-refractivity contribution is 7.07. The highest BCUT2D eigenvalue weighted by Gasteiger charge is 2.30. The van der Waals surface area contributed by atoms with Crippen molar-refractivity contribution in [3.63, 3.8) is 0 Å². The summed E-state index contributed by atoms with van der Waals surface area (Å²) in [6, 6.07) is 5.51. The van der Waals surface area contributed by atoms with Crippen LogP contribution in [0.2, 0.25) is 0 Å². The molecule has 1 saturated heterocycles. The van der Waals surface area contributed by atoms with Crippen LogP contribution in [0.1, 0.15) is 40.9 Å². The number of rotatable bonds is 4. The van der Waals surface area contributed by atoms with Gasteiger partial charge in [0.1, 0.15) is 5.69 Å². The number of halogens is 3. The molecular formula is C18H19F3N2OS. The van der Waals surface area contributed by atoms with Crippen LogP contribution in [0.3, 0.4) is 0 Å². The molecule has 0 aliphatic carbocycles. The number of benzene rings is 1. The molecule has 0 N–H and O–H groups in total. The van der Waals surface area contributed by atoms with E-state index in [1.165, 1.54) is 23.5 Å². The van der Waals surface area contributed by atoms with Crippen LogP contribution in [0, 0.1) is 5.92 Å². The van der Waals surface area contributed by atoms with Crippen molar-refractivity contribution in [2.24, 2.45) is 5.92 Å². The van der Waals surface area contributed by atoms with Crippen molar-refractivity contribution in [1.29, 1.82) is 0 Å². The van der Waals surface area contributed by atoms with Crippen LogP contribution >= 0.6 is 11.3 Å². The van der Waals surface area contributed by atoms with Gasteiger partial charge in [-0.25, -0.2) is 4.98 Å². The summed E-state index contributed by atoms with van der Waals surface area (Å²) in [5, 5.41) is 1.74. The molecule has 1 aliphatic rings. The maximum Gasteiger partial charge on any atom is 0.416 e. The number of hydrogen-bond acceptors (Lipinski definition) is 3. The van der Waals surface area contributed by atoms with Crippen LogP contribution in [0.5, 0.6) is 0 Å². The largest absolute Gasteiger partial charge is 0.416 e. The number of carbonyl (C=O) groups excluding carboxylic acids is 1. The third-order valence-corrected chi connectivity index (χ3v) is 5.14. The zero-order valence-electron chi connectivity index (χ0n) is 13.6. The van der Waals surface area contributed by atoms with E-state index in [2.05, 4.69) is 4.98 Å². The Morgan fingerprint density at radius 1 is 1.36 bits per heavy atom.